The zero-order valence-electron chi connectivity index (χ0n) is 28.1. The number of furan rings is 1. The van der Waals surface area contributed by atoms with Gasteiger partial charge in [-0.15, -0.1) is 0 Å². The highest BCUT2D eigenvalue weighted by Crippen LogP contribution is 2.60. The highest BCUT2D eigenvalue weighted by Gasteiger charge is 2.51. The fourth-order valence-electron chi connectivity index (χ4n) is 9.04. The molecule has 2 heteroatoms. The minimum atomic E-state index is -0.712. The highest BCUT2D eigenvalue weighted by molar-refractivity contribution is 6.16. The first kappa shape index (κ1) is 29.0. The third-order valence-corrected chi connectivity index (χ3v) is 11.3. The van der Waals surface area contributed by atoms with Crippen molar-refractivity contribution in [1.82, 2.24) is 0 Å². The first-order valence-corrected chi connectivity index (χ1v) is 17.8. The Balaban J connectivity index is 1.20. The summed E-state index contributed by atoms with van der Waals surface area (Å²) in [5, 5.41) is 2.18. The predicted molar refractivity (Wildman–Crippen MR) is 211 cm³/mol. The summed E-state index contributed by atoms with van der Waals surface area (Å²) in [6.45, 7) is 0. The lowest BCUT2D eigenvalue weighted by atomic mass is 9.60. The summed E-state index contributed by atoms with van der Waals surface area (Å²) in [7, 11) is 0. The molecule has 0 radical (unpaired) electrons. The zero-order chi connectivity index (χ0) is 34.4. The molecule has 0 aliphatic heterocycles. The van der Waals surface area contributed by atoms with E-state index in [2.05, 4.69) is 158 Å². The van der Waals surface area contributed by atoms with Crippen molar-refractivity contribution >= 4 is 27.7 Å². The van der Waals surface area contributed by atoms with Gasteiger partial charge in [0.05, 0.1) is 5.41 Å². The van der Waals surface area contributed by atoms with Crippen molar-refractivity contribution in [1.29, 1.82) is 0 Å². The van der Waals surface area contributed by atoms with Gasteiger partial charge in [0.25, 0.3) is 0 Å². The number of fused-ring (bicyclic) bond motifs is 12. The molecule has 52 heavy (non-hydrogen) atoms. The topological polar surface area (TPSA) is 30.2 Å². The van der Waals surface area contributed by atoms with Crippen LogP contribution < -0.4 is 0 Å². The van der Waals surface area contributed by atoms with Crippen LogP contribution >= 0.6 is 0 Å². The quantitative estimate of drug-likeness (QED) is 0.188. The molecule has 0 unspecified atom stereocenters. The van der Waals surface area contributed by atoms with Crippen LogP contribution in [-0.2, 0) is 5.41 Å². The van der Waals surface area contributed by atoms with Crippen molar-refractivity contribution in [2.45, 2.75) is 5.41 Å². The Hall–Kier alpha value is -6.77. The molecule has 2 aliphatic rings. The average Bonchev–Trinajstić information content (AvgIpc) is 3.74. The van der Waals surface area contributed by atoms with E-state index in [-0.39, 0.29) is 5.78 Å². The van der Waals surface area contributed by atoms with Gasteiger partial charge in [0.2, 0.25) is 0 Å². The Morgan fingerprint density at radius 1 is 0.346 bits per heavy atom. The van der Waals surface area contributed by atoms with Crippen LogP contribution in [0.1, 0.15) is 38.2 Å². The first-order chi connectivity index (χ1) is 25.7. The van der Waals surface area contributed by atoms with Crippen molar-refractivity contribution in [2.75, 3.05) is 0 Å². The number of para-hydroxylation sites is 2. The summed E-state index contributed by atoms with van der Waals surface area (Å²) in [6, 6.07) is 64.1. The van der Waals surface area contributed by atoms with Crippen molar-refractivity contribution in [3.63, 3.8) is 0 Å². The number of carbonyl (C=O) groups is 1. The molecule has 11 rings (SSSR count). The van der Waals surface area contributed by atoms with E-state index >= 15 is 0 Å². The van der Waals surface area contributed by atoms with E-state index in [0.717, 1.165) is 72.0 Å². The molecule has 242 valence electrons. The summed E-state index contributed by atoms with van der Waals surface area (Å²) in [5.41, 5.74) is 15.9. The summed E-state index contributed by atoms with van der Waals surface area (Å²) >= 11 is 0. The molecule has 0 saturated heterocycles. The van der Waals surface area contributed by atoms with E-state index < -0.39 is 5.41 Å². The molecule has 0 amide bonds. The van der Waals surface area contributed by atoms with E-state index in [1.807, 2.05) is 24.3 Å². The Kier molecular flexibility index (Phi) is 6.06. The van der Waals surface area contributed by atoms with Crippen LogP contribution in [0, 0.1) is 0 Å². The number of hydrogen-bond donors (Lipinski definition) is 0. The number of hydrogen-bond acceptors (Lipinski definition) is 2. The molecule has 1 spiro atoms. The van der Waals surface area contributed by atoms with Crippen LogP contribution in [0.3, 0.4) is 0 Å². The first-order valence-electron chi connectivity index (χ1n) is 17.8. The number of rotatable bonds is 3. The Bertz CT molecular complexity index is 2880. The molecule has 9 aromatic rings. The van der Waals surface area contributed by atoms with Crippen molar-refractivity contribution in [3.8, 4) is 44.5 Å². The fraction of sp³-hybridized carbons (Fsp3) is 0.0200. The second-order valence-electron chi connectivity index (χ2n) is 13.9. The third-order valence-electron chi connectivity index (χ3n) is 11.3. The van der Waals surface area contributed by atoms with Crippen LogP contribution in [0.5, 0.6) is 0 Å². The minimum Gasteiger partial charge on any atom is -0.455 e. The lowest BCUT2D eigenvalue weighted by Crippen LogP contribution is -2.36. The second kappa shape index (κ2) is 10.9. The van der Waals surface area contributed by atoms with Crippen LogP contribution in [0.2, 0.25) is 0 Å². The molecular weight excluding hydrogens is 633 g/mol. The van der Waals surface area contributed by atoms with Gasteiger partial charge in [0.15, 0.2) is 5.78 Å². The van der Waals surface area contributed by atoms with E-state index in [4.69, 9.17) is 4.42 Å². The van der Waals surface area contributed by atoms with E-state index in [1.165, 1.54) is 27.8 Å². The molecular formula is C50H30O2. The van der Waals surface area contributed by atoms with Gasteiger partial charge >= 0.3 is 0 Å². The average molecular weight is 663 g/mol. The van der Waals surface area contributed by atoms with Gasteiger partial charge in [-0.25, -0.2) is 0 Å². The number of ketones is 1. The molecule has 1 heterocycles. The maximum absolute atomic E-state index is 14.7. The Morgan fingerprint density at radius 3 is 1.62 bits per heavy atom. The van der Waals surface area contributed by atoms with Crippen LogP contribution in [0.15, 0.2) is 186 Å². The van der Waals surface area contributed by atoms with Gasteiger partial charge in [-0.1, -0.05) is 158 Å². The summed E-state index contributed by atoms with van der Waals surface area (Å²) in [6.07, 6.45) is 0. The lowest BCUT2D eigenvalue weighted by Gasteiger charge is -2.40. The second-order valence-corrected chi connectivity index (χ2v) is 13.9. The monoisotopic (exact) mass is 662 g/mol. The van der Waals surface area contributed by atoms with Crippen LogP contribution in [0.25, 0.3) is 66.4 Å². The number of benzene rings is 8. The smallest absolute Gasteiger partial charge is 0.193 e. The minimum absolute atomic E-state index is 0.0515. The predicted octanol–water partition coefficient (Wildman–Crippen LogP) is 12.5. The molecule has 0 atom stereocenters. The maximum Gasteiger partial charge on any atom is 0.193 e. The highest BCUT2D eigenvalue weighted by atomic mass is 16.3. The zero-order valence-corrected chi connectivity index (χ0v) is 28.1. The number of carbonyl (C=O) groups excluding carboxylic acids is 1. The van der Waals surface area contributed by atoms with Gasteiger partial charge in [-0.3, -0.25) is 4.79 Å². The van der Waals surface area contributed by atoms with Gasteiger partial charge < -0.3 is 4.42 Å². The molecule has 2 nitrogen and oxygen atoms in total. The molecule has 8 aromatic carbocycles. The van der Waals surface area contributed by atoms with Gasteiger partial charge in [-0.05, 0) is 85.5 Å². The van der Waals surface area contributed by atoms with Crippen molar-refractivity contribution < 1.29 is 9.21 Å². The maximum atomic E-state index is 14.7. The third kappa shape index (κ3) is 3.92. The Labute approximate surface area is 301 Å². The molecule has 0 N–H and O–H groups in total. The molecule has 0 fully saturated rings. The fourth-order valence-corrected chi connectivity index (χ4v) is 9.04. The normalized spacial score (nSPS) is 13.6. The summed E-state index contributed by atoms with van der Waals surface area (Å²) < 4.78 is 6.53. The molecule has 1 aromatic heterocycles. The van der Waals surface area contributed by atoms with Gasteiger partial charge in [-0.2, -0.15) is 0 Å². The van der Waals surface area contributed by atoms with E-state index in [9.17, 15) is 4.79 Å². The van der Waals surface area contributed by atoms with Gasteiger partial charge in [0.1, 0.15) is 11.2 Å². The van der Waals surface area contributed by atoms with Crippen molar-refractivity contribution in [2.24, 2.45) is 0 Å². The molecule has 0 saturated carbocycles. The van der Waals surface area contributed by atoms with E-state index in [0.29, 0.717) is 0 Å². The largest absolute Gasteiger partial charge is 0.455 e. The van der Waals surface area contributed by atoms with Crippen LogP contribution in [-0.4, -0.2) is 5.78 Å². The SMILES string of the molecule is O=C1c2ccc(-c3cccc(-c4ccccc4)c3)cc2C2(c3cc(-c4cccc5c4oc4ccccc45)ccc31)c1ccccc1-c1ccccc12. The van der Waals surface area contributed by atoms with Crippen molar-refractivity contribution in [3.05, 3.63) is 215 Å². The Morgan fingerprint density at radius 2 is 0.865 bits per heavy atom. The van der Waals surface area contributed by atoms with E-state index in [1.54, 1.807) is 0 Å². The lowest BCUT2D eigenvalue weighted by molar-refractivity contribution is 0.103. The summed E-state index contributed by atoms with van der Waals surface area (Å²) in [4.78, 5) is 14.7. The van der Waals surface area contributed by atoms with Crippen LogP contribution in [0.4, 0.5) is 0 Å². The summed E-state index contributed by atoms with van der Waals surface area (Å²) in [5.74, 6) is 0.0515. The molecule has 2 aliphatic carbocycles. The van der Waals surface area contributed by atoms with Gasteiger partial charge in [0, 0.05) is 27.5 Å². The standard InChI is InChI=1S/C50H30O2/c51-48-41-26-24-34(33-15-10-14-32(28-33)31-12-2-1-3-13-31)29-45(41)50(43-21-7-4-16-37(43)38-17-5-8-22-44(38)50)46-30-35(25-27-42(46)48)36-19-11-20-40-39-18-6-9-23-47(39)52-49(36)40/h1-30H. The molecule has 0 bridgehead atoms.